The molecule has 0 saturated carbocycles. The van der Waals surface area contributed by atoms with Gasteiger partial charge in [0.1, 0.15) is 5.75 Å². The van der Waals surface area contributed by atoms with Crippen molar-refractivity contribution in [3.8, 4) is 5.75 Å². The molecule has 3 rings (SSSR count). The second-order valence-electron chi connectivity index (χ2n) is 8.06. The summed E-state index contributed by atoms with van der Waals surface area (Å²) in [5, 5.41) is 3.37. The third-order valence-corrected chi connectivity index (χ3v) is 5.78. The molecule has 3 nitrogen and oxygen atoms in total. The Morgan fingerprint density at radius 1 is 0.966 bits per heavy atom. The van der Waals surface area contributed by atoms with Gasteiger partial charge in [0.2, 0.25) is 0 Å². The van der Waals surface area contributed by atoms with Crippen molar-refractivity contribution in [3.63, 3.8) is 0 Å². The molecule has 1 fully saturated rings. The van der Waals surface area contributed by atoms with Crippen LogP contribution in [0.4, 0.5) is 13.2 Å². The van der Waals surface area contributed by atoms with Gasteiger partial charge in [-0.15, -0.1) is 24.9 Å². The van der Waals surface area contributed by atoms with E-state index >= 15 is 0 Å². The Morgan fingerprint density at radius 3 is 2.17 bits per heavy atom. The molecule has 0 aromatic heterocycles. The maximum absolute atomic E-state index is 12.5. The van der Waals surface area contributed by atoms with Crippen LogP contribution in [0.15, 0.2) is 53.4 Å². The largest absolute Gasteiger partial charge is 0.573 e. The van der Waals surface area contributed by atoms with Crippen molar-refractivity contribution in [2.45, 2.75) is 42.8 Å². The molecule has 2 aromatic rings. The molecular formula is C22H27F3N2OS. The third kappa shape index (κ3) is 6.39. The first-order chi connectivity index (χ1) is 13.6. The Kier molecular flexibility index (Phi) is 6.81. The van der Waals surface area contributed by atoms with E-state index in [1.165, 1.54) is 22.6 Å². The number of nitrogens with one attached hydrogen (secondary N) is 1. The fourth-order valence-electron chi connectivity index (χ4n) is 3.51. The number of halogens is 3. The third-order valence-electron chi connectivity index (χ3n) is 4.58. The van der Waals surface area contributed by atoms with Gasteiger partial charge in [-0.3, -0.25) is 4.90 Å². The summed E-state index contributed by atoms with van der Waals surface area (Å²) in [4.78, 5) is 3.58. The van der Waals surface area contributed by atoms with Gasteiger partial charge in [0.15, 0.2) is 0 Å². The molecule has 7 heteroatoms. The Labute approximate surface area is 174 Å². The van der Waals surface area contributed by atoms with Crippen molar-refractivity contribution < 1.29 is 17.9 Å². The fourth-order valence-corrected chi connectivity index (χ4v) is 4.61. The number of rotatable bonds is 5. The highest BCUT2D eigenvalue weighted by molar-refractivity contribution is 8.00. The second kappa shape index (κ2) is 8.98. The van der Waals surface area contributed by atoms with Gasteiger partial charge in [0.25, 0.3) is 0 Å². The molecule has 2 aromatic carbocycles. The van der Waals surface area contributed by atoms with Gasteiger partial charge in [-0.05, 0) is 29.3 Å². The number of benzene rings is 2. The van der Waals surface area contributed by atoms with Crippen LogP contribution in [0, 0.1) is 0 Å². The molecule has 0 aliphatic carbocycles. The van der Waals surface area contributed by atoms with Crippen LogP contribution in [0.1, 0.15) is 37.9 Å². The Morgan fingerprint density at radius 2 is 1.59 bits per heavy atom. The van der Waals surface area contributed by atoms with E-state index < -0.39 is 6.36 Å². The smallest absolute Gasteiger partial charge is 0.406 e. The van der Waals surface area contributed by atoms with Crippen molar-refractivity contribution in [2.24, 2.45) is 0 Å². The van der Waals surface area contributed by atoms with E-state index in [1.54, 1.807) is 12.1 Å². The molecule has 158 valence electrons. The minimum absolute atomic E-state index is 0.0249. The highest BCUT2D eigenvalue weighted by Crippen LogP contribution is 2.40. The summed E-state index contributed by atoms with van der Waals surface area (Å²) in [5.41, 5.74) is 2.14. The van der Waals surface area contributed by atoms with Crippen LogP contribution in [0.3, 0.4) is 0 Å². The molecule has 1 heterocycles. The predicted octanol–water partition coefficient (Wildman–Crippen LogP) is 5.47. The average Bonchev–Trinajstić information content (AvgIpc) is 2.63. The van der Waals surface area contributed by atoms with Gasteiger partial charge in [-0.2, -0.15) is 0 Å². The molecule has 1 aliphatic rings. The van der Waals surface area contributed by atoms with Crippen LogP contribution in [0.5, 0.6) is 5.75 Å². The van der Waals surface area contributed by atoms with E-state index in [0.29, 0.717) is 0 Å². The van der Waals surface area contributed by atoms with Crippen LogP contribution in [-0.4, -0.2) is 42.2 Å². The van der Waals surface area contributed by atoms with Crippen LogP contribution >= 0.6 is 11.8 Å². The predicted molar refractivity (Wildman–Crippen MR) is 111 cm³/mol. The minimum Gasteiger partial charge on any atom is -0.406 e. The zero-order chi connectivity index (χ0) is 21.1. The van der Waals surface area contributed by atoms with Crippen LogP contribution in [-0.2, 0) is 0 Å². The summed E-state index contributed by atoms with van der Waals surface area (Å²) in [6, 6.07) is 14.6. The van der Waals surface area contributed by atoms with Gasteiger partial charge in [0, 0.05) is 35.8 Å². The van der Waals surface area contributed by atoms with Crippen molar-refractivity contribution in [1.29, 1.82) is 0 Å². The van der Waals surface area contributed by atoms with Gasteiger partial charge in [0.05, 0.1) is 6.04 Å². The number of ether oxygens (including phenoxy) is 1. The lowest BCUT2D eigenvalue weighted by atomic mass is 9.96. The van der Waals surface area contributed by atoms with Gasteiger partial charge in [-0.25, -0.2) is 0 Å². The van der Waals surface area contributed by atoms with Crippen molar-refractivity contribution in [3.05, 3.63) is 59.7 Å². The molecule has 1 aliphatic heterocycles. The summed E-state index contributed by atoms with van der Waals surface area (Å²) in [6.45, 7) is 10.1. The second-order valence-corrected chi connectivity index (χ2v) is 9.93. The van der Waals surface area contributed by atoms with E-state index in [-0.39, 0.29) is 16.5 Å². The maximum atomic E-state index is 12.5. The van der Waals surface area contributed by atoms with Gasteiger partial charge in [-0.1, -0.05) is 51.1 Å². The van der Waals surface area contributed by atoms with Gasteiger partial charge < -0.3 is 10.1 Å². The van der Waals surface area contributed by atoms with E-state index in [0.717, 1.165) is 31.7 Å². The number of hydrogen-bond donors (Lipinski definition) is 1. The van der Waals surface area contributed by atoms with E-state index in [2.05, 4.69) is 47.9 Å². The molecule has 0 radical (unpaired) electrons. The molecule has 0 bridgehead atoms. The lowest BCUT2D eigenvalue weighted by Crippen LogP contribution is -2.45. The topological polar surface area (TPSA) is 24.5 Å². The number of nitrogens with zero attached hydrogens (tertiary/aromatic N) is 1. The molecule has 29 heavy (non-hydrogen) atoms. The number of hydrogen-bond acceptors (Lipinski definition) is 4. The lowest BCUT2D eigenvalue weighted by Gasteiger charge is -2.37. The average molecular weight is 425 g/mol. The lowest BCUT2D eigenvalue weighted by molar-refractivity contribution is -0.274. The Hall–Kier alpha value is -1.70. The molecule has 1 N–H and O–H groups in total. The molecular weight excluding hydrogens is 397 g/mol. The summed E-state index contributed by atoms with van der Waals surface area (Å²) in [5.74, 6) is -0.197. The summed E-state index contributed by atoms with van der Waals surface area (Å²) in [6.07, 6.45) is -4.69. The van der Waals surface area contributed by atoms with E-state index in [4.69, 9.17) is 0 Å². The summed E-state index contributed by atoms with van der Waals surface area (Å²) < 4.78 is 41.7. The normalized spacial score (nSPS) is 17.2. The standard InChI is InChI=1S/C22H27F3N2OS/c1-21(2,3)29-19-7-5-4-6-18(19)20(27-14-12-26-13-15-27)16-8-10-17(11-9-16)28-22(23,24)25/h4-11,20,26H,12-15H2,1-3H3/t20-/m0/s1. The first kappa shape index (κ1) is 22.0. The molecule has 0 unspecified atom stereocenters. The van der Waals surface area contributed by atoms with Crippen LogP contribution in [0.2, 0.25) is 0 Å². The Bertz CT molecular complexity index is 797. The van der Waals surface area contributed by atoms with Crippen LogP contribution in [0.25, 0.3) is 0 Å². The fraction of sp³-hybridized carbons (Fsp3) is 0.455. The first-order valence-corrected chi connectivity index (χ1v) is 10.5. The first-order valence-electron chi connectivity index (χ1n) is 9.71. The highest BCUT2D eigenvalue weighted by Gasteiger charge is 2.32. The molecule has 0 amide bonds. The van der Waals surface area contributed by atoms with Gasteiger partial charge >= 0.3 is 6.36 Å². The monoisotopic (exact) mass is 424 g/mol. The van der Waals surface area contributed by atoms with Crippen molar-refractivity contribution in [2.75, 3.05) is 26.2 Å². The zero-order valence-corrected chi connectivity index (χ0v) is 17.7. The SMILES string of the molecule is CC(C)(C)Sc1ccccc1[C@H](c1ccc(OC(F)(F)F)cc1)N1CCNCC1. The van der Waals surface area contributed by atoms with Crippen molar-refractivity contribution in [1.82, 2.24) is 10.2 Å². The summed E-state index contributed by atoms with van der Waals surface area (Å²) >= 11 is 1.81. The van der Waals surface area contributed by atoms with Crippen molar-refractivity contribution >= 4 is 11.8 Å². The molecule has 0 spiro atoms. The quantitative estimate of drug-likeness (QED) is 0.644. The number of piperazine rings is 1. The highest BCUT2D eigenvalue weighted by atomic mass is 32.2. The minimum atomic E-state index is -4.69. The number of thioether (sulfide) groups is 1. The van der Waals surface area contributed by atoms with Crippen LogP contribution < -0.4 is 10.1 Å². The molecule has 1 saturated heterocycles. The number of alkyl halides is 3. The summed E-state index contributed by atoms with van der Waals surface area (Å²) in [7, 11) is 0. The van der Waals surface area contributed by atoms with E-state index in [9.17, 15) is 13.2 Å². The van der Waals surface area contributed by atoms with E-state index in [1.807, 2.05) is 23.9 Å². The maximum Gasteiger partial charge on any atom is 0.573 e. The molecule has 1 atom stereocenters. The Balaban J connectivity index is 1.98. The zero-order valence-electron chi connectivity index (χ0n) is 16.9.